The molecule has 0 radical (unpaired) electrons. The van der Waals surface area contributed by atoms with Gasteiger partial charge in [0.25, 0.3) is 5.91 Å². The van der Waals surface area contributed by atoms with E-state index < -0.39 is 18.5 Å². The molecule has 0 aliphatic carbocycles. The highest BCUT2D eigenvalue weighted by molar-refractivity contribution is 5.86. The Kier molecular flexibility index (Phi) is 7.51. The minimum absolute atomic E-state index is 0.0454. The van der Waals surface area contributed by atoms with Gasteiger partial charge in [-0.3, -0.25) is 4.79 Å². The van der Waals surface area contributed by atoms with Crippen LogP contribution in [0.2, 0.25) is 0 Å². The number of pyridine rings is 1. The quantitative estimate of drug-likeness (QED) is 0.383. The fourth-order valence-corrected chi connectivity index (χ4v) is 2.89. The number of hydrogen-bond acceptors (Lipinski definition) is 9. The number of furan rings is 1. The topological polar surface area (TPSA) is 150 Å². The summed E-state index contributed by atoms with van der Waals surface area (Å²) in [6.45, 7) is 1.56. The molecule has 3 aromatic rings. The Hall–Kier alpha value is -4.49. The fourth-order valence-electron chi connectivity index (χ4n) is 2.89. The molecule has 1 N–H and O–H groups in total. The van der Waals surface area contributed by atoms with E-state index in [-0.39, 0.29) is 23.6 Å². The van der Waals surface area contributed by atoms with Gasteiger partial charge in [0.05, 0.1) is 18.8 Å². The number of methoxy groups -OCH3 is 1. The van der Waals surface area contributed by atoms with E-state index in [1.807, 2.05) is 6.07 Å². The van der Waals surface area contributed by atoms with Crippen LogP contribution in [0.15, 0.2) is 52.0 Å². The van der Waals surface area contributed by atoms with Gasteiger partial charge in [0.1, 0.15) is 23.2 Å². The summed E-state index contributed by atoms with van der Waals surface area (Å²) in [5.74, 6) is -0.907. The van der Waals surface area contributed by atoms with Crippen molar-refractivity contribution in [2.75, 3.05) is 13.7 Å². The molecule has 0 saturated carbocycles. The van der Waals surface area contributed by atoms with E-state index >= 15 is 0 Å². The Morgan fingerprint density at radius 2 is 2.03 bits per heavy atom. The number of benzene rings is 1. The van der Waals surface area contributed by atoms with Crippen LogP contribution in [0, 0.1) is 18.3 Å². The molecule has 168 valence electrons. The smallest absolute Gasteiger partial charge is 0.278 e. The summed E-state index contributed by atoms with van der Waals surface area (Å²) in [7, 11) is 1.51. The van der Waals surface area contributed by atoms with Crippen molar-refractivity contribution in [1.82, 2.24) is 10.4 Å². The largest absolute Gasteiger partial charge is 0.545 e. The Balaban J connectivity index is 1.57. The van der Waals surface area contributed by atoms with Gasteiger partial charge in [-0.2, -0.15) is 10.4 Å². The number of nitrogens with zero attached hydrogens (tertiary/aromatic N) is 3. The van der Waals surface area contributed by atoms with Crippen molar-refractivity contribution in [3.63, 3.8) is 0 Å². The second-order valence-electron chi connectivity index (χ2n) is 6.80. The van der Waals surface area contributed by atoms with Gasteiger partial charge in [-0.1, -0.05) is 24.3 Å². The number of ether oxygens (including phenoxy) is 2. The van der Waals surface area contributed by atoms with Crippen LogP contribution >= 0.6 is 0 Å². The molecular formula is C23H19N4O6-. The molecular weight excluding hydrogens is 428 g/mol. The first-order valence-electron chi connectivity index (χ1n) is 9.67. The number of aromatic nitrogens is 1. The number of carbonyl (C=O) groups is 2. The van der Waals surface area contributed by atoms with Crippen molar-refractivity contribution in [1.29, 1.82) is 5.26 Å². The maximum absolute atomic E-state index is 12.0. The van der Waals surface area contributed by atoms with E-state index in [2.05, 4.69) is 15.5 Å². The van der Waals surface area contributed by atoms with Crippen molar-refractivity contribution in [2.24, 2.45) is 5.10 Å². The highest BCUT2D eigenvalue weighted by Crippen LogP contribution is 2.22. The molecule has 10 heteroatoms. The molecule has 0 unspecified atom stereocenters. The molecule has 3 rings (SSSR count). The van der Waals surface area contributed by atoms with Crippen LogP contribution in [0.25, 0.3) is 11.3 Å². The second-order valence-corrected chi connectivity index (χ2v) is 6.80. The summed E-state index contributed by atoms with van der Waals surface area (Å²) in [6, 6.07) is 13.1. The summed E-state index contributed by atoms with van der Waals surface area (Å²) in [4.78, 5) is 27.0. The first-order valence-corrected chi connectivity index (χ1v) is 9.67. The third-order valence-electron chi connectivity index (χ3n) is 4.36. The maximum atomic E-state index is 12.0. The van der Waals surface area contributed by atoms with Crippen LogP contribution in [0.1, 0.15) is 32.9 Å². The number of nitrogens with one attached hydrogen (secondary N) is 1. The maximum Gasteiger partial charge on any atom is 0.278 e. The Labute approximate surface area is 189 Å². The number of hydrogen-bond donors (Lipinski definition) is 1. The molecule has 2 heterocycles. The molecule has 0 aliphatic rings. The van der Waals surface area contributed by atoms with Crippen molar-refractivity contribution < 1.29 is 28.6 Å². The van der Waals surface area contributed by atoms with Gasteiger partial charge in [-0.25, -0.2) is 10.4 Å². The van der Waals surface area contributed by atoms with Crippen molar-refractivity contribution >= 4 is 18.1 Å². The number of aromatic carboxylic acids is 1. The van der Waals surface area contributed by atoms with Crippen LogP contribution in [-0.4, -0.2) is 36.8 Å². The molecule has 0 spiro atoms. The fraction of sp³-hybridized carbons (Fsp3) is 0.174. The first-order chi connectivity index (χ1) is 15.9. The molecule has 33 heavy (non-hydrogen) atoms. The monoisotopic (exact) mass is 447 g/mol. The van der Waals surface area contributed by atoms with Crippen molar-refractivity contribution in [3.8, 4) is 23.3 Å². The Morgan fingerprint density at radius 3 is 2.70 bits per heavy atom. The predicted octanol–water partition coefficient (Wildman–Crippen LogP) is 1.56. The number of carboxylic acids is 1. The highest BCUT2D eigenvalue weighted by atomic mass is 16.5. The standard InChI is InChI=1S/C23H20N4O6/c1-14-9-17(12-31-2)19(10-24)22(26-14)32-13-21(28)27-25-11-18-7-8-20(33-18)15-3-5-16(6-4-15)23(29)30/h3-9,11H,12-13H2,1-2H3,(H,27,28)(H,29,30)/p-1/b25-11-. The Bertz CT molecular complexity index is 1220. The van der Waals surface area contributed by atoms with Gasteiger partial charge in [-0.05, 0) is 30.7 Å². The van der Waals surface area contributed by atoms with Gasteiger partial charge in [0, 0.05) is 23.9 Å². The zero-order chi connectivity index (χ0) is 23.8. The second kappa shape index (κ2) is 10.7. The SMILES string of the molecule is COCc1cc(C)nc(OCC(=O)N/N=C\c2ccc(-c3ccc(C(=O)[O-])cc3)o2)c1C#N. The number of hydrazone groups is 1. The number of carboxylic acid groups (broad SMARTS) is 1. The summed E-state index contributed by atoms with van der Waals surface area (Å²) in [5.41, 5.74) is 4.48. The molecule has 1 aromatic carbocycles. The van der Waals surface area contributed by atoms with Gasteiger partial charge in [0.2, 0.25) is 5.88 Å². The lowest BCUT2D eigenvalue weighted by Crippen LogP contribution is -2.25. The number of carbonyl (C=O) groups excluding carboxylic acids is 2. The van der Waals surface area contributed by atoms with Crippen LogP contribution < -0.4 is 15.3 Å². The molecule has 0 bridgehead atoms. The van der Waals surface area contributed by atoms with E-state index in [0.717, 1.165) is 0 Å². The van der Waals surface area contributed by atoms with E-state index in [0.29, 0.717) is 28.3 Å². The molecule has 0 fully saturated rings. The molecule has 2 aromatic heterocycles. The third kappa shape index (κ3) is 6.03. The van der Waals surface area contributed by atoms with Gasteiger partial charge in [0.15, 0.2) is 6.61 Å². The predicted molar refractivity (Wildman–Crippen MR) is 114 cm³/mol. The van der Waals surface area contributed by atoms with Crippen LogP contribution in [0.4, 0.5) is 0 Å². The van der Waals surface area contributed by atoms with Gasteiger partial charge in [-0.15, -0.1) is 0 Å². The third-order valence-corrected chi connectivity index (χ3v) is 4.36. The minimum atomic E-state index is -1.26. The molecule has 0 aliphatic heterocycles. The minimum Gasteiger partial charge on any atom is -0.545 e. The van der Waals surface area contributed by atoms with Crippen LogP contribution in [0.3, 0.4) is 0 Å². The lowest BCUT2D eigenvalue weighted by molar-refractivity contribution is -0.255. The van der Waals surface area contributed by atoms with Crippen molar-refractivity contribution in [3.05, 3.63) is 70.6 Å². The summed E-state index contributed by atoms with van der Waals surface area (Å²) >= 11 is 0. The summed E-state index contributed by atoms with van der Waals surface area (Å²) in [6.07, 6.45) is 1.30. The van der Waals surface area contributed by atoms with E-state index in [4.69, 9.17) is 13.9 Å². The first kappa shape index (κ1) is 23.2. The zero-order valence-corrected chi connectivity index (χ0v) is 17.8. The van der Waals surface area contributed by atoms with E-state index in [1.54, 1.807) is 37.3 Å². The van der Waals surface area contributed by atoms with Gasteiger partial charge < -0.3 is 23.8 Å². The van der Waals surface area contributed by atoms with Gasteiger partial charge >= 0.3 is 0 Å². The molecule has 10 nitrogen and oxygen atoms in total. The van der Waals surface area contributed by atoms with Crippen LogP contribution in [0.5, 0.6) is 5.88 Å². The number of aryl methyl sites for hydroxylation is 1. The van der Waals surface area contributed by atoms with Crippen molar-refractivity contribution in [2.45, 2.75) is 13.5 Å². The lowest BCUT2D eigenvalue weighted by atomic mass is 10.1. The zero-order valence-electron chi connectivity index (χ0n) is 17.8. The normalized spacial score (nSPS) is 10.7. The number of amides is 1. The number of rotatable bonds is 9. The average Bonchev–Trinajstić information content (AvgIpc) is 3.26. The average molecular weight is 447 g/mol. The molecule has 0 atom stereocenters. The summed E-state index contributed by atoms with van der Waals surface area (Å²) < 4.78 is 16.1. The van der Waals surface area contributed by atoms with Crippen LogP contribution in [-0.2, 0) is 16.1 Å². The number of nitriles is 1. The molecule has 1 amide bonds. The molecule has 0 saturated heterocycles. The Morgan fingerprint density at radius 1 is 1.27 bits per heavy atom. The summed E-state index contributed by atoms with van der Waals surface area (Å²) in [5, 5.41) is 24.0. The lowest BCUT2D eigenvalue weighted by Gasteiger charge is -2.10. The highest BCUT2D eigenvalue weighted by Gasteiger charge is 2.14. The van der Waals surface area contributed by atoms with E-state index in [1.165, 1.54) is 25.5 Å². The van der Waals surface area contributed by atoms with E-state index in [9.17, 15) is 20.0 Å².